The Morgan fingerprint density at radius 3 is 2.00 bits per heavy atom. The summed E-state index contributed by atoms with van der Waals surface area (Å²) in [6, 6.07) is 27.9. The molecule has 0 aliphatic carbocycles. The smallest absolute Gasteiger partial charge is 0.234 e. The highest BCUT2D eigenvalue weighted by Gasteiger charge is 2.24. The number of aryl methyl sites for hydroxylation is 2. The summed E-state index contributed by atoms with van der Waals surface area (Å²) in [5.41, 5.74) is 4.24. The molecule has 1 aromatic heterocycles. The van der Waals surface area contributed by atoms with E-state index in [4.69, 9.17) is 0 Å². The van der Waals surface area contributed by atoms with Gasteiger partial charge >= 0.3 is 0 Å². The lowest BCUT2D eigenvalue weighted by atomic mass is 9.98. The molecule has 0 fully saturated rings. The van der Waals surface area contributed by atoms with Crippen LogP contribution in [0.4, 0.5) is 0 Å². The fourth-order valence-corrected chi connectivity index (χ4v) is 4.55. The molecule has 6 heteroatoms. The van der Waals surface area contributed by atoms with E-state index in [1.807, 2.05) is 97.3 Å². The Morgan fingerprint density at radius 2 is 1.41 bits per heavy atom. The minimum atomic E-state index is -0.351. The molecule has 1 amide bonds. The number of carbonyl (C=O) groups excluding carboxylic acids is 1. The van der Waals surface area contributed by atoms with Crippen LogP contribution < -0.4 is 5.32 Å². The lowest BCUT2D eigenvalue weighted by molar-refractivity contribution is -0.120. The monoisotopic (exact) mass is 442 g/mol. The van der Waals surface area contributed by atoms with Gasteiger partial charge in [0.1, 0.15) is 5.82 Å². The molecule has 5 nitrogen and oxygen atoms in total. The molecule has 1 N–H and O–H groups in total. The average molecular weight is 443 g/mol. The second kappa shape index (κ2) is 9.83. The van der Waals surface area contributed by atoms with Crippen LogP contribution >= 0.6 is 11.8 Å². The summed E-state index contributed by atoms with van der Waals surface area (Å²) in [6.07, 6.45) is 0. The van der Waals surface area contributed by atoms with Crippen LogP contribution in [0.3, 0.4) is 0 Å². The van der Waals surface area contributed by atoms with Crippen LogP contribution in [-0.4, -0.2) is 25.9 Å². The third kappa shape index (κ3) is 4.75. The minimum Gasteiger partial charge on any atom is -0.344 e. The quantitative estimate of drug-likeness (QED) is 0.396. The van der Waals surface area contributed by atoms with Crippen LogP contribution in [0.2, 0.25) is 0 Å². The molecular weight excluding hydrogens is 416 g/mol. The highest BCUT2D eigenvalue weighted by Crippen LogP contribution is 2.28. The topological polar surface area (TPSA) is 59.8 Å². The summed E-state index contributed by atoms with van der Waals surface area (Å²) in [7, 11) is 0. The lowest BCUT2D eigenvalue weighted by Crippen LogP contribution is -2.35. The maximum absolute atomic E-state index is 13.2. The highest BCUT2D eigenvalue weighted by atomic mass is 32.2. The van der Waals surface area contributed by atoms with E-state index >= 15 is 0 Å². The van der Waals surface area contributed by atoms with Crippen molar-refractivity contribution in [3.05, 3.63) is 107 Å². The first-order valence-electron chi connectivity index (χ1n) is 10.6. The zero-order valence-corrected chi connectivity index (χ0v) is 19.2. The van der Waals surface area contributed by atoms with Crippen LogP contribution in [0.25, 0.3) is 5.69 Å². The Morgan fingerprint density at radius 1 is 0.844 bits per heavy atom. The Labute approximate surface area is 192 Å². The van der Waals surface area contributed by atoms with Crippen molar-refractivity contribution in [2.45, 2.75) is 37.2 Å². The maximum Gasteiger partial charge on any atom is 0.234 e. The van der Waals surface area contributed by atoms with E-state index in [9.17, 15) is 4.79 Å². The molecule has 162 valence electrons. The number of nitrogens with zero attached hydrogens (tertiary/aromatic N) is 3. The molecule has 4 aromatic rings. The molecule has 0 aliphatic rings. The van der Waals surface area contributed by atoms with Gasteiger partial charge in [-0.2, -0.15) is 0 Å². The van der Waals surface area contributed by atoms with E-state index in [-0.39, 0.29) is 17.2 Å². The fourth-order valence-electron chi connectivity index (χ4n) is 3.63. The summed E-state index contributed by atoms with van der Waals surface area (Å²) < 4.78 is 2.01. The Balaban J connectivity index is 1.56. The van der Waals surface area contributed by atoms with Gasteiger partial charge in [0.15, 0.2) is 5.16 Å². The molecule has 3 aromatic carbocycles. The van der Waals surface area contributed by atoms with Crippen molar-refractivity contribution in [3.8, 4) is 5.69 Å². The van der Waals surface area contributed by atoms with Crippen molar-refractivity contribution in [2.75, 3.05) is 0 Å². The van der Waals surface area contributed by atoms with E-state index in [2.05, 4.69) is 28.5 Å². The molecule has 0 saturated carbocycles. The predicted molar refractivity (Wildman–Crippen MR) is 129 cm³/mol. The van der Waals surface area contributed by atoms with Gasteiger partial charge < -0.3 is 5.32 Å². The molecule has 0 radical (unpaired) electrons. The van der Waals surface area contributed by atoms with Gasteiger partial charge in [-0.25, -0.2) is 0 Å². The molecule has 0 spiro atoms. The predicted octanol–water partition coefficient (Wildman–Crippen LogP) is 5.27. The van der Waals surface area contributed by atoms with Gasteiger partial charge in [-0.15, -0.1) is 10.2 Å². The number of carbonyl (C=O) groups is 1. The zero-order valence-electron chi connectivity index (χ0n) is 18.4. The number of hydrogen-bond acceptors (Lipinski definition) is 4. The number of hydrogen-bond donors (Lipinski definition) is 1. The van der Waals surface area contributed by atoms with Crippen molar-refractivity contribution in [1.29, 1.82) is 0 Å². The number of aromatic nitrogens is 3. The third-order valence-electron chi connectivity index (χ3n) is 5.36. The summed E-state index contributed by atoms with van der Waals surface area (Å²) >= 11 is 1.41. The average Bonchev–Trinajstić information content (AvgIpc) is 3.18. The zero-order chi connectivity index (χ0) is 22.5. The van der Waals surface area contributed by atoms with Crippen molar-refractivity contribution >= 4 is 17.7 Å². The van der Waals surface area contributed by atoms with E-state index in [1.54, 1.807) is 0 Å². The van der Waals surface area contributed by atoms with Crippen LogP contribution in [0.5, 0.6) is 0 Å². The van der Waals surface area contributed by atoms with Crippen LogP contribution in [0, 0.1) is 13.8 Å². The number of thioether (sulfide) groups is 1. The Bertz CT molecular complexity index is 1150. The third-order valence-corrected chi connectivity index (χ3v) is 6.40. The molecule has 1 heterocycles. The van der Waals surface area contributed by atoms with Gasteiger partial charge in [0, 0.05) is 0 Å². The molecule has 1 atom stereocenters. The molecule has 32 heavy (non-hydrogen) atoms. The lowest BCUT2D eigenvalue weighted by Gasteiger charge is -2.22. The van der Waals surface area contributed by atoms with Crippen LogP contribution in [0.1, 0.15) is 35.5 Å². The van der Waals surface area contributed by atoms with Gasteiger partial charge in [0.2, 0.25) is 5.91 Å². The Kier molecular flexibility index (Phi) is 6.71. The van der Waals surface area contributed by atoms with E-state index in [0.29, 0.717) is 5.16 Å². The molecule has 0 aliphatic heterocycles. The van der Waals surface area contributed by atoms with Crippen molar-refractivity contribution in [2.24, 2.45) is 0 Å². The number of rotatable bonds is 7. The summed E-state index contributed by atoms with van der Waals surface area (Å²) in [5.74, 6) is 0.741. The fraction of sp³-hybridized carbons (Fsp3) is 0.192. The van der Waals surface area contributed by atoms with Gasteiger partial charge in [-0.1, -0.05) is 90.6 Å². The van der Waals surface area contributed by atoms with E-state index in [1.165, 1.54) is 11.8 Å². The number of para-hydroxylation sites is 1. The second-order valence-corrected chi connectivity index (χ2v) is 8.98. The standard InChI is InChI=1S/C26H26N4OS/c1-18-12-10-11-17-23(18)30-20(3)28-29-26(30)32-19(2)25(31)27-24(21-13-6-4-7-14-21)22-15-8-5-9-16-22/h4-17,19,24H,1-3H3,(H,27,31). The van der Waals surface area contributed by atoms with E-state index in [0.717, 1.165) is 28.2 Å². The first-order chi connectivity index (χ1) is 15.5. The largest absolute Gasteiger partial charge is 0.344 e. The van der Waals surface area contributed by atoms with Gasteiger partial charge in [-0.3, -0.25) is 9.36 Å². The first kappa shape index (κ1) is 21.8. The van der Waals surface area contributed by atoms with Gasteiger partial charge in [-0.05, 0) is 43.5 Å². The van der Waals surface area contributed by atoms with Crippen LogP contribution in [-0.2, 0) is 4.79 Å². The second-order valence-electron chi connectivity index (χ2n) is 7.67. The van der Waals surface area contributed by atoms with E-state index < -0.39 is 0 Å². The summed E-state index contributed by atoms with van der Waals surface area (Å²) in [4.78, 5) is 13.2. The molecule has 4 rings (SSSR count). The molecular formula is C26H26N4OS. The Hall–Kier alpha value is -3.38. The van der Waals surface area contributed by atoms with Crippen molar-refractivity contribution < 1.29 is 4.79 Å². The first-order valence-corrected chi connectivity index (χ1v) is 11.5. The van der Waals surface area contributed by atoms with Crippen molar-refractivity contribution in [3.63, 3.8) is 0 Å². The minimum absolute atomic E-state index is 0.0512. The maximum atomic E-state index is 13.2. The summed E-state index contributed by atoms with van der Waals surface area (Å²) in [6.45, 7) is 5.89. The number of amides is 1. The summed E-state index contributed by atoms with van der Waals surface area (Å²) in [5, 5.41) is 12.2. The normalized spacial score (nSPS) is 12.0. The number of benzene rings is 3. The highest BCUT2D eigenvalue weighted by molar-refractivity contribution is 8.00. The molecule has 1 unspecified atom stereocenters. The van der Waals surface area contributed by atoms with Crippen molar-refractivity contribution in [1.82, 2.24) is 20.1 Å². The molecule has 0 saturated heterocycles. The SMILES string of the molecule is Cc1ccccc1-n1c(C)nnc1SC(C)C(=O)NC(c1ccccc1)c1ccccc1. The van der Waals surface area contributed by atoms with Crippen LogP contribution in [0.15, 0.2) is 90.1 Å². The molecule has 0 bridgehead atoms. The number of nitrogens with one attached hydrogen (secondary N) is 1. The van der Waals surface area contributed by atoms with Gasteiger partial charge in [0.25, 0.3) is 0 Å². The van der Waals surface area contributed by atoms with Gasteiger partial charge in [0.05, 0.1) is 17.0 Å².